The highest BCUT2D eigenvalue weighted by atomic mass is 16.5. The second kappa shape index (κ2) is 6.80. The number of nitrogens with one attached hydrogen (secondary N) is 1. The molecule has 1 atom stereocenters. The molecule has 2 heterocycles. The first-order chi connectivity index (χ1) is 10.7. The molecule has 2 saturated heterocycles. The van der Waals surface area contributed by atoms with Crippen LogP contribution in [0.4, 0.5) is 0 Å². The Hall–Kier alpha value is -1.39. The van der Waals surface area contributed by atoms with E-state index in [4.69, 9.17) is 4.74 Å². The minimum atomic E-state index is -0.0000355. The van der Waals surface area contributed by atoms with E-state index in [9.17, 15) is 4.79 Å². The Kier molecular flexibility index (Phi) is 4.79. The highest BCUT2D eigenvalue weighted by Crippen LogP contribution is 2.44. The Morgan fingerprint density at radius 1 is 1.32 bits per heavy atom. The largest absolute Gasteiger partial charge is 0.466 e. The number of nitrogens with zero attached hydrogens (tertiary/aromatic N) is 1. The van der Waals surface area contributed by atoms with E-state index in [2.05, 4.69) is 34.5 Å². The fraction of sp³-hybridized carbons (Fsp3) is 0.611. The third kappa shape index (κ3) is 3.18. The number of carbonyl (C=O) groups excluding carboxylic acids is 1. The average molecular weight is 302 g/mol. The van der Waals surface area contributed by atoms with Gasteiger partial charge in [0.2, 0.25) is 0 Å². The molecule has 1 spiro atoms. The molecular formula is C18H26N2O2. The second-order valence-electron chi connectivity index (χ2n) is 6.57. The maximum Gasteiger partial charge on any atom is 0.310 e. The van der Waals surface area contributed by atoms with Gasteiger partial charge >= 0.3 is 5.97 Å². The van der Waals surface area contributed by atoms with Gasteiger partial charge in [-0.05, 0) is 38.4 Å². The Morgan fingerprint density at radius 2 is 2.05 bits per heavy atom. The Balaban J connectivity index is 1.74. The van der Waals surface area contributed by atoms with Gasteiger partial charge < -0.3 is 10.1 Å². The van der Waals surface area contributed by atoms with Gasteiger partial charge in [-0.15, -0.1) is 0 Å². The maximum atomic E-state index is 12.4. The smallest absolute Gasteiger partial charge is 0.310 e. The summed E-state index contributed by atoms with van der Waals surface area (Å²) >= 11 is 0. The normalized spacial score (nSPS) is 24.5. The van der Waals surface area contributed by atoms with Crippen molar-refractivity contribution in [1.82, 2.24) is 10.2 Å². The molecule has 0 unspecified atom stereocenters. The van der Waals surface area contributed by atoms with E-state index >= 15 is 0 Å². The van der Waals surface area contributed by atoms with Crippen LogP contribution in [0.2, 0.25) is 0 Å². The molecule has 1 aromatic carbocycles. The summed E-state index contributed by atoms with van der Waals surface area (Å²) in [5.41, 5.74) is 1.42. The molecular weight excluding hydrogens is 276 g/mol. The zero-order valence-corrected chi connectivity index (χ0v) is 13.4. The van der Waals surface area contributed by atoms with E-state index in [0.717, 1.165) is 45.6 Å². The fourth-order valence-electron chi connectivity index (χ4n) is 4.03. The topological polar surface area (TPSA) is 41.6 Å². The predicted octanol–water partition coefficient (Wildman–Crippen LogP) is 2.05. The average Bonchev–Trinajstić information content (AvgIpc) is 2.87. The van der Waals surface area contributed by atoms with Crippen LogP contribution in [0, 0.1) is 11.3 Å². The van der Waals surface area contributed by atoms with Crippen LogP contribution in [0.15, 0.2) is 30.3 Å². The Bertz CT molecular complexity index is 497. The van der Waals surface area contributed by atoms with Crippen LogP contribution in [0.5, 0.6) is 0 Å². The van der Waals surface area contributed by atoms with Crippen molar-refractivity contribution < 1.29 is 9.53 Å². The van der Waals surface area contributed by atoms with Crippen LogP contribution in [0.1, 0.15) is 25.3 Å². The van der Waals surface area contributed by atoms with Gasteiger partial charge in [0.1, 0.15) is 0 Å². The molecule has 0 amide bonds. The molecule has 0 radical (unpaired) electrons. The highest BCUT2D eigenvalue weighted by molar-refractivity contribution is 5.74. The van der Waals surface area contributed by atoms with Crippen molar-refractivity contribution in [2.24, 2.45) is 11.3 Å². The van der Waals surface area contributed by atoms with Crippen LogP contribution in [-0.2, 0) is 16.1 Å². The molecule has 3 rings (SSSR count). The molecule has 0 aromatic heterocycles. The van der Waals surface area contributed by atoms with Gasteiger partial charge in [-0.3, -0.25) is 9.69 Å². The molecule has 0 saturated carbocycles. The number of benzene rings is 1. The van der Waals surface area contributed by atoms with Crippen LogP contribution in [0.3, 0.4) is 0 Å². The molecule has 0 aliphatic carbocycles. The number of esters is 1. The molecule has 0 bridgehead atoms. The molecule has 4 nitrogen and oxygen atoms in total. The number of likely N-dealkylation sites (tertiary alicyclic amines) is 1. The lowest BCUT2D eigenvalue weighted by Crippen LogP contribution is -2.44. The van der Waals surface area contributed by atoms with E-state index in [-0.39, 0.29) is 17.3 Å². The van der Waals surface area contributed by atoms with Crippen LogP contribution >= 0.6 is 0 Å². The summed E-state index contributed by atoms with van der Waals surface area (Å²) in [6, 6.07) is 10.5. The van der Waals surface area contributed by atoms with Crippen LogP contribution < -0.4 is 5.32 Å². The van der Waals surface area contributed by atoms with Crippen molar-refractivity contribution in [1.29, 1.82) is 0 Å². The van der Waals surface area contributed by atoms with Gasteiger partial charge in [-0.1, -0.05) is 30.3 Å². The molecule has 2 aliphatic rings. The third-order valence-corrected chi connectivity index (χ3v) is 5.14. The van der Waals surface area contributed by atoms with Crippen molar-refractivity contribution in [3.63, 3.8) is 0 Å². The van der Waals surface area contributed by atoms with Crippen molar-refractivity contribution in [3.05, 3.63) is 35.9 Å². The van der Waals surface area contributed by atoms with Gasteiger partial charge in [0, 0.05) is 25.0 Å². The fourth-order valence-corrected chi connectivity index (χ4v) is 4.03. The molecule has 2 aliphatic heterocycles. The number of rotatable bonds is 4. The monoisotopic (exact) mass is 302 g/mol. The quantitative estimate of drug-likeness (QED) is 0.864. The summed E-state index contributed by atoms with van der Waals surface area (Å²) in [7, 11) is 0. The first-order valence-electron chi connectivity index (χ1n) is 8.37. The van der Waals surface area contributed by atoms with Crippen molar-refractivity contribution >= 4 is 5.97 Å². The van der Waals surface area contributed by atoms with E-state index in [1.807, 2.05) is 13.0 Å². The number of hydrogen-bond donors (Lipinski definition) is 1. The number of ether oxygens (including phenoxy) is 1. The van der Waals surface area contributed by atoms with E-state index in [0.29, 0.717) is 6.61 Å². The van der Waals surface area contributed by atoms with Gasteiger partial charge in [0.15, 0.2) is 0 Å². The second-order valence-corrected chi connectivity index (χ2v) is 6.57. The van der Waals surface area contributed by atoms with Gasteiger partial charge in [-0.2, -0.15) is 0 Å². The summed E-state index contributed by atoms with van der Waals surface area (Å²) in [6.45, 7) is 7.14. The van der Waals surface area contributed by atoms with Crippen molar-refractivity contribution in [2.75, 3.05) is 32.8 Å². The zero-order valence-electron chi connectivity index (χ0n) is 13.4. The molecule has 1 N–H and O–H groups in total. The summed E-state index contributed by atoms with van der Waals surface area (Å²) in [6.07, 6.45) is 2.14. The van der Waals surface area contributed by atoms with E-state index < -0.39 is 0 Å². The van der Waals surface area contributed by atoms with E-state index in [1.165, 1.54) is 5.56 Å². The molecule has 22 heavy (non-hydrogen) atoms. The van der Waals surface area contributed by atoms with E-state index in [1.54, 1.807) is 0 Å². The SMILES string of the molecule is CCOC(=O)[C@@H]1CN(Cc2ccccc2)CC12CCNCC2. The summed E-state index contributed by atoms with van der Waals surface area (Å²) in [5.74, 6) is 0.0261. The lowest BCUT2D eigenvalue weighted by atomic mass is 9.71. The van der Waals surface area contributed by atoms with Gasteiger partial charge in [0.05, 0.1) is 12.5 Å². The minimum absolute atomic E-state index is 0.0000355. The number of hydrogen-bond acceptors (Lipinski definition) is 4. The lowest BCUT2D eigenvalue weighted by Gasteiger charge is -2.37. The standard InChI is InChI=1S/C18H26N2O2/c1-2-22-17(21)16-13-20(12-15-6-4-3-5-7-15)14-18(16)8-10-19-11-9-18/h3-7,16,19H,2,8-14H2,1H3/t16-/m0/s1. The van der Waals surface area contributed by atoms with Crippen LogP contribution in [-0.4, -0.2) is 43.7 Å². The highest BCUT2D eigenvalue weighted by Gasteiger charge is 2.50. The maximum absolute atomic E-state index is 12.4. The van der Waals surface area contributed by atoms with Gasteiger partial charge in [-0.25, -0.2) is 0 Å². The molecule has 120 valence electrons. The molecule has 2 fully saturated rings. The van der Waals surface area contributed by atoms with Crippen molar-refractivity contribution in [3.8, 4) is 0 Å². The minimum Gasteiger partial charge on any atom is -0.466 e. The summed E-state index contributed by atoms with van der Waals surface area (Å²) in [5, 5.41) is 3.42. The number of piperidine rings is 1. The zero-order chi connectivity index (χ0) is 15.4. The molecule has 1 aromatic rings. The van der Waals surface area contributed by atoms with Gasteiger partial charge in [0.25, 0.3) is 0 Å². The summed E-state index contributed by atoms with van der Waals surface area (Å²) < 4.78 is 5.37. The van der Waals surface area contributed by atoms with Crippen LogP contribution in [0.25, 0.3) is 0 Å². The lowest BCUT2D eigenvalue weighted by molar-refractivity contribution is -0.151. The first kappa shape index (κ1) is 15.5. The first-order valence-corrected chi connectivity index (χ1v) is 8.37. The predicted molar refractivity (Wildman–Crippen MR) is 86.4 cm³/mol. The van der Waals surface area contributed by atoms with Crippen molar-refractivity contribution in [2.45, 2.75) is 26.3 Å². The summed E-state index contributed by atoms with van der Waals surface area (Å²) in [4.78, 5) is 14.9. The Labute approximate surface area is 132 Å². The third-order valence-electron chi connectivity index (χ3n) is 5.14. The number of carbonyl (C=O) groups is 1. The Morgan fingerprint density at radius 3 is 2.73 bits per heavy atom. The molecule has 4 heteroatoms.